The summed E-state index contributed by atoms with van der Waals surface area (Å²) in [5, 5.41) is 8.15. The lowest BCUT2D eigenvalue weighted by Crippen LogP contribution is -2.25. The van der Waals surface area contributed by atoms with E-state index in [1.165, 1.54) is 6.20 Å². The largest absolute Gasteiger partial charge is 0.349 e. The Hall–Kier alpha value is -1.04. The number of nitrogens with zero attached hydrogens (tertiary/aromatic N) is 2. The molecule has 1 fully saturated rings. The number of aromatic nitrogens is 2. The highest BCUT2D eigenvalue weighted by atomic mass is 79.9. The topological polar surface area (TPSA) is 46.9 Å². The molecule has 0 spiro atoms. The van der Waals surface area contributed by atoms with Crippen LogP contribution in [0.15, 0.2) is 29.0 Å². The zero-order chi connectivity index (χ0) is 14.3. The molecule has 2 aromatic rings. The molecule has 0 saturated heterocycles. The van der Waals surface area contributed by atoms with Crippen molar-refractivity contribution in [2.45, 2.75) is 18.9 Å². The first-order chi connectivity index (χ1) is 9.56. The predicted molar refractivity (Wildman–Crippen MR) is 81.8 cm³/mol. The molecule has 0 unspecified atom stereocenters. The van der Waals surface area contributed by atoms with Crippen LogP contribution in [-0.4, -0.2) is 21.7 Å². The Morgan fingerprint density at radius 3 is 2.80 bits per heavy atom. The van der Waals surface area contributed by atoms with E-state index in [4.69, 9.17) is 23.2 Å². The molecule has 1 aliphatic carbocycles. The molecular formula is C13H10BrCl2N3O. The van der Waals surface area contributed by atoms with Gasteiger partial charge >= 0.3 is 0 Å². The highest BCUT2D eigenvalue weighted by Gasteiger charge is 2.26. The Labute approximate surface area is 134 Å². The molecule has 4 nitrogen and oxygen atoms in total. The number of rotatable bonds is 3. The van der Waals surface area contributed by atoms with E-state index < -0.39 is 0 Å². The third-order valence-corrected chi connectivity index (χ3v) is 4.31. The fourth-order valence-electron chi connectivity index (χ4n) is 1.80. The standard InChI is InChI=1S/C13H10BrCl2N3O/c14-12-9(13(20)18-8-2-3-8)6-17-19(12)11-4-1-7(15)5-10(11)16/h1,4-6,8H,2-3H2,(H,18,20). The van der Waals surface area contributed by atoms with Gasteiger partial charge < -0.3 is 5.32 Å². The van der Waals surface area contributed by atoms with Gasteiger partial charge in [-0.2, -0.15) is 5.10 Å². The monoisotopic (exact) mass is 373 g/mol. The van der Waals surface area contributed by atoms with E-state index in [-0.39, 0.29) is 5.91 Å². The Morgan fingerprint density at radius 2 is 2.15 bits per heavy atom. The molecule has 20 heavy (non-hydrogen) atoms. The number of amides is 1. The second-order valence-corrected chi connectivity index (χ2v) is 6.20. The number of hydrogen-bond donors (Lipinski definition) is 1. The van der Waals surface area contributed by atoms with E-state index in [2.05, 4.69) is 26.3 Å². The average molecular weight is 375 g/mol. The van der Waals surface area contributed by atoms with Crippen molar-refractivity contribution in [1.82, 2.24) is 15.1 Å². The smallest absolute Gasteiger partial charge is 0.255 e. The molecule has 0 bridgehead atoms. The summed E-state index contributed by atoms with van der Waals surface area (Å²) in [7, 11) is 0. The SMILES string of the molecule is O=C(NC1CC1)c1cnn(-c2ccc(Cl)cc2Cl)c1Br. The van der Waals surface area contributed by atoms with Gasteiger partial charge in [-0.15, -0.1) is 0 Å². The molecule has 1 aliphatic rings. The molecule has 1 aromatic carbocycles. The van der Waals surface area contributed by atoms with Gasteiger partial charge in [0.05, 0.1) is 22.5 Å². The van der Waals surface area contributed by atoms with Crippen LogP contribution >= 0.6 is 39.1 Å². The first-order valence-corrected chi connectivity index (χ1v) is 7.61. The predicted octanol–water partition coefficient (Wildman–Crippen LogP) is 3.83. The van der Waals surface area contributed by atoms with Crippen LogP contribution in [0.4, 0.5) is 0 Å². The van der Waals surface area contributed by atoms with Crippen molar-refractivity contribution in [1.29, 1.82) is 0 Å². The van der Waals surface area contributed by atoms with E-state index >= 15 is 0 Å². The fourth-order valence-corrected chi connectivity index (χ4v) is 2.85. The Morgan fingerprint density at radius 1 is 1.40 bits per heavy atom. The Kier molecular flexibility index (Phi) is 3.75. The van der Waals surface area contributed by atoms with Crippen molar-refractivity contribution in [2.75, 3.05) is 0 Å². The lowest BCUT2D eigenvalue weighted by atomic mass is 10.3. The normalized spacial score (nSPS) is 14.3. The van der Waals surface area contributed by atoms with Gasteiger partial charge in [-0.1, -0.05) is 23.2 Å². The van der Waals surface area contributed by atoms with Gasteiger partial charge in [0.2, 0.25) is 0 Å². The summed E-state index contributed by atoms with van der Waals surface area (Å²) < 4.78 is 2.14. The highest BCUT2D eigenvalue weighted by Crippen LogP contribution is 2.28. The third-order valence-electron chi connectivity index (χ3n) is 3.01. The van der Waals surface area contributed by atoms with Gasteiger partial charge in [0.25, 0.3) is 5.91 Å². The number of halogens is 3. The lowest BCUT2D eigenvalue weighted by Gasteiger charge is -2.07. The Bertz CT molecular complexity index is 682. The molecule has 7 heteroatoms. The summed E-state index contributed by atoms with van der Waals surface area (Å²) in [6.07, 6.45) is 3.60. The number of benzene rings is 1. The molecule has 1 N–H and O–H groups in total. The summed E-state index contributed by atoms with van der Waals surface area (Å²) in [4.78, 5) is 12.1. The van der Waals surface area contributed by atoms with Crippen LogP contribution in [0.1, 0.15) is 23.2 Å². The second kappa shape index (κ2) is 5.39. The van der Waals surface area contributed by atoms with Crippen molar-refractivity contribution in [3.63, 3.8) is 0 Å². The quantitative estimate of drug-likeness (QED) is 0.887. The third kappa shape index (κ3) is 2.71. The molecule has 0 aliphatic heterocycles. The summed E-state index contributed by atoms with van der Waals surface area (Å²) in [5.74, 6) is -0.129. The molecule has 1 aromatic heterocycles. The van der Waals surface area contributed by atoms with Crippen LogP contribution in [0, 0.1) is 0 Å². The summed E-state index contributed by atoms with van der Waals surface area (Å²) in [6.45, 7) is 0. The summed E-state index contributed by atoms with van der Waals surface area (Å²) in [6, 6.07) is 5.42. The van der Waals surface area contributed by atoms with Crippen LogP contribution < -0.4 is 5.32 Å². The van der Waals surface area contributed by atoms with Gasteiger partial charge in [0.1, 0.15) is 4.60 Å². The first kappa shape index (κ1) is 13.9. The number of carbonyl (C=O) groups is 1. The zero-order valence-corrected chi connectivity index (χ0v) is 13.3. The van der Waals surface area contributed by atoms with Gasteiger partial charge in [0.15, 0.2) is 0 Å². The zero-order valence-electron chi connectivity index (χ0n) is 10.2. The number of nitrogens with one attached hydrogen (secondary N) is 1. The van der Waals surface area contributed by atoms with Crippen LogP contribution in [0.2, 0.25) is 10.0 Å². The maximum atomic E-state index is 12.1. The summed E-state index contributed by atoms with van der Waals surface area (Å²) in [5.41, 5.74) is 1.15. The van der Waals surface area contributed by atoms with Gasteiger partial charge in [-0.3, -0.25) is 4.79 Å². The fraction of sp³-hybridized carbons (Fsp3) is 0.231. The van der Waals surface area contributed by atoms with E-state index in [1.54, 1.807) is 22.9 Å². The van der Waals surface area contributed by atoms with Gasteiger partial charge in [-0.05, 0) is 47.0 Å². The number of carbonyl (C=O) groups excluding carboxylic acids is 1. The Balaban J connectivity index is 1.94. The molecule has 1 saturated carbocycles. The minimum Gasteiger partial charge on any atom is -0.349 e. The molecular weight excluding hydrogens is 365 g/mol. The van der Waals surface area contributed by atoms with E-state index in [9.17, 15) is 4.79 Å². The molecule has 3 rings (SSSR count). The molecule has 0 radical (unpaired) electrons. The van der Waals surface area contributed by atoms with Gasteiger partial charge in [-0.25, -0.2) is 4.68 Å². The van der Waals surface area contributed by atoms with Crippen LogP contribution in [0.5, 0.6) is 0 Å². The highest BCUT2D eigenvalue weighted by molar-refractivity contribution is 9.10. The molecule has 104 valence electrons. The molecule has 1 heterocycles. The van der Waals surface area contributed by atoms with E-state index in [0.29, 0.717) is 31.9 Å². The second-order valence-electron chi connectivity index (χ2n) is 4.60. The van der Waals surface area contributed by atoms with Gasteiger partial charge in [0, 0.05) is 11.1 Å². The summed E-state index contributed by atoms with van der Waals surface area (Å²) >= 11 is 15.4. The van der Waals surface area contributed by atoms with Crippen molar-refractivity contribution < 1.29 is 4.79 Å². The van der Waals surface area contributed by atoms with Crippen molar-refractivity contribution in [2.24, 2.45) is 0 Å². The average Bonchev–Trinajstić information content (AvgIpc) is 3.12. The van der Waals surface area contributed by atoms with Crippen LogP contribution in [-0.2, 0) is 0 Å². The first-order valence-electron chi connectivity index (χ1n) is 6.06. The molecule has 0 atom stereocenters. The van der Waals surface area contributed by atoms with Crippen LogP contribution in [0.3, 0.4) is 0 Å². The number of hydrogen-bond acceptors (Lipinski definition) is 2. The van der Waals surface area contributed by atoms with Crippen molar-refractivity contribution in [3.8, 4) is 5.69 Å². The lowest BCUT2D eigenvalue weighted by molar-refractivity contribution is 0.0950. The molecule has 1 amide bonds. The van der Waals surface area contributed by atoms with Crippen molar-refractivity contribution in [3.05, 3.63) is 44.6 Å². The van der Waals surface area contributed by atoms with E-state index in [0.717, 1.165) is 12.8 Å². The van der Waals surface area contributed by atoms with E-state index in [1.807, 2.05) is 0 Å². The minimum absolute atomic E-state index is 0.129. The van der Waals surface area contributed by atoms with Crippen LogP contribution in [0.25, 0.3) is 5.69 Å². The van der Waals surface area contributed by atoms with Crippen molar-refractivity contribution >= 4 is 45.0 Å². The maximum Gasteiger partial charge on any atom is 0.255 e. The maximum absolute atomic E-state index is 12.1. The minimum atomic E-state index is -0.129.